The van der Waals surface area contributed by atoms with Crippen LogP contribution in [0.25, 0.3) is 0 Å². The SMILES string of the molecule is Cc1ccccc1CC(=O)NCC(C)(C)c1ccc2c(c1)OCCO2. The normalized spacial score (nSPS) is 13.4. The fourth-order valence-corrected chi connectivity index (χ4v) is 2.93. The molecule has 0 bridgehead atoms. The van der Waals surface area contributed by atoms with E-state index in [0.717, 1.165) is 28.2 Å². The van der Waals surface area contributed by atoms with Gasteiger partial charge in [-0.15, -0.1) is 0 Å². The molecular formula is C21H25NO3. The number of hydrogen-bond acceptors (Lipinski definition) is 3. The summed E-state index contributed by atoms with van der Waals surface area (Å²) >= 11 is 0. The lowest BCUT2D eigenvalue weighted by Gasteiger charge is -2.28. The van der Waals surface area contributed by atoms with E-state index in [9.17, 15) is 4.79 Å². The van der Waals surface area contributed by atoms with Gasteiger partial charge in [0, 0.05) is 12.0 Å². The Hall–Kier alpha value is -2.49. The molecule has 2 aromatic rings. The molecule has 1 aliphatic rings. The van der Waals surface area contributed by atoms with Crippen LogP contribution >= 0.6 is 0 Å². The zero-order chi connectivity index (χ0) is 17.9. The number of carbonyl (C=O) groups excluding carboxylic acids is 1. The highest BCUT2D eigenvalue weighted by Gasteiger charge is 2.24. The van der Waals surface area contributed by atoms with Crippen molar-refractivity contribution in [3.8, 4) is 11.5 Å². The van der Waals surface area contributed by atoms with Gasteiger partial charge in [0.05, 0.1) is 6.42 Å². The van der Waals surface area contributed by atoms with Gasteiger partial charge in [0.25, 0.3) is 0 Å². The number of amides is 1. The van der Waals surface area contributed by atoms with Crippen molar-refractivity contribution in [1.29, 1.82) is 0 Å². The average Bonchev–Trinajstić information content (AvgIpc) is 2.62. The lowest BCUT2D eigenvalue weighted by molar-refractivity contribution is -0.120. The molecule has 1 heterocycles. The van der Waals surface area contributed by atoms with Crippen molar-refractivity contribution in [2.75, 3.05) is 19.8 Å². The lowest BCUT2D eigenvalue weighted by Crippen LogP contribution is -2.37. The second-order valence-corrected chi connectivity index (χ2v) is 7.12. The molecule has 0 fully saturated rings. The van der Waals surface area contributed by atoms with Crippen LogP contribution in [-0.2, 0) is 16.6 Å². The first kappa shape index (κ1) is 17.3. The fourth-order valence-electron chi connectivity index (χ4n) is 2.93. The molecule has 0 aliphatic carbocycles. The molecule has 0 atom stereocenters. The third-order valence-corrected chi connectivity index (χ3v) is 4.66. The van der Waals surface area contributed by atoms with Crippen LogP contribution < -0.4 is 14.8 Å². The minimum atomic E-state index is -0.197. The van der Waals surface area contributed by atoms with Crippen LogP contribution in [0.5, 0.6) is 11.5 Å². The molecule has 1 amide bonds. The summed E-state index contributed by atoms with van der Waals surface area (Å²) in [5.41, 5.74) is 3.13. The van der Waals surface area contributed by atoms with Gasteiger partial charge in [-0.3, -0.25) is 4.79 Å². The van der Waals surface area contributed by atoms with Crippen LogP contribution in [0.2, 0.25) is 0 Å². The summed E-state index contributed by atoms with van der Waals surface area (Å²) in [4.78, 5) is 12.3. The number of fused-ring (bicyclic) bond motifs is 1. The summed E-state index contributed by atoms with van der Waals surface area (Å²) in [7, 11) is 0. The zero-order valence-corrected chi connectivity index (χ0v) is 15.1. The Morgan fingerprint density at radius 2 is 1.80 bits per heavy atom. The van der Waals surface area contributed by atoms with Crippen LogP contribution in [0.15, 0.2) is 42.5 Å². The Balaban J connectivity index is 1.63. The molecule has 132 valence electrons. The van der Waals surface area contributed by atoms with E-state index in [1.165, 1.54) is 0 Å². The van der Waals surface area contributed by atoms with Crippen molar-refractivity contribution in [1.82, 2.24) is 5.32 Å². The second kappa shape index (κ2) is 7.18. The molecule has 2 aromatic carbocycles. The van der Waals surface area contributed by atoms with Crippen molar-refractivity contribution in [3.05, 3.63) is 59.2 Å². The Morgan fingerprint density at radius 3 is 2.56 bits per heavy atom. The van der Waals surface area contributed by atoms with E-state index >= 15 is 0 Å². The quantitative estimate of drug-likeness (QED) is 0.908. The van der Waals surface area contributed by atoms with E-state index in [0.29, 0.717) is 26.2 Å². The first-order valence-electron chi connectivity index (χ1n) is 8.67. The molecule has 0 spiro atoms. The van der Waals surface area contributed by atoms with E-state index in [1.54, 1.807) is 0 Å². The number of carbonyl (C=O) groups is 1. The molecule has 0 saturated carbocycles. The fraction of sp³-hybridized carbons (Fsp3) is 0.381. The monoisotopic (exact) mass is 339 g/mol. The second-order valence-electron chi connectivity index (χ2n) is 7.12. The van der Waals surface area contributed by atoms with Gasteiger partial charge < -0.3 is 14.8 Å². The third-order valence-electron chi connectivity index (χ3n) is 4.66. The van der Waals surface area contributed by atoms with Crippen LogP contribution in [-0.4, -0.2) is 25.7 Å². The predicted octanol–water partition coefficient (Wildman–Crippen LogP) is 3.40. The third kappa shape index (κ3) is 4.13. The highest BCUT2D eigenvalue weighted by molar-refractivity contribution is 5.79. The summed E-state index contributed by atoms with van der Waals surface area (Å²) in [6.07, 6.45) is 0.407. The smallest absolute Gasteiger partial charge is 0.224 e. The van der Waals surface area contributed by atoms with E-state index in [2.05, 4.69) is 19.2 Å². The zero-order valence-electron chi connectivity index (χ0n) is 15.1. The molecule has 4 nitrogen and oxygen atoms in total. The van der Waals surface area contributed by atoms with Gasteiger partial charge in [-0.05, 0) is 35.7 Å². The Labute approximate surface area is 149 Å². The summed E-state index contributed by atoms with van der Waals surface area (Å²) < 4.78 is 11.2. The largest absolute Gasteiger partial charge is 0.486 e. The highest BCUT2D eigenvalue weighted by atomic mass is 16.6. The summed E-state index contributed by atoms with van der Waals surface area (Å²) in [5, 5.41) is 3.07. The summed E-state index contributed by atoms with van der Waals surface area (Å²) in [6.45, 7) is 7.99. The molecule has 0 aromatic heterocycles. The molecule has 4 heteroatoms. The summed E-state index contributed by atoms with van der Waals surface area (Å²) in [6, 6.07) is 14.0. The molecule has 0 radical (unpaired) electrons. The minimum absolute atomic E-state index is 0.0416. The molecule has 25 heavy (non-hydrogen) atoms. The van der Waals surface area contributed by atoms with Gasteiger partial charge in [0.1, 0.15) is 13.2 Å². The van der Waals surface area contributed by atoms with E-state index in [4.69, 9.17) is 9.47 Å². The molecule has 0 unspecified atom stereocenters. The van der Waals surface area contributed by atoms with Crippen molar-refractivity contribution in [2.45, 2.75) is 32.6 Å². The minimum Gasteiger partial charge on any atom is -0.486 e. The number of hydrogen-bond donors (Lipinski definition) is 1. The van der Waals surface area contributed by atoms with Gasteiger partial charge in [-0.25, -0.2) is 0 Å². The highest BCUT2D eigenvalue weighted by Crippen LogP contribution is 2.34. The van der Waals surface area contributed by atoms with Crippen molar-refractivity contribution in [3.63, 3.8) is 0 Å². The van der Waals surface area contributed by atoms with E-state index in [1.807, 2.05) is 49.4 Å². The molecule has 3 rings (SSSR count). The first-order valence-corrected chi connectivity index (χ1v) is 8.67. The van der Waals surface area contributed by atoms with E-state index in [-0.39, 0.29) is 11.3 Å². The topological polar surface area (TPSA) is 47.6 Å². The molecular weight excluding hydrogens is 314 g/mol. The van der Waals surface area contributed by atoms with Gasteiger partial charge in [0.15, 0.2) is 11.5 Å². The van der Waals surface area contributed by atoms with Gasteiger partial charge >= 0.3 is 0 Å². The van der Waals surface area contributed by atoms with Crippen LogP contribution in [0.3, 0.4) is 0 Å². The molecule has 0 saturated heterocycles. The average molecular weight is 339 g/mol. The van der Waals surface area contributed by atoms with Crippen molar-refractivity contribution in [2.24, 2.45) is 0 Å². The number of ether oxygens (including phenoxy) is 2. The maximum absolute atomic E-state index is 12.3. The molecule has 1 aliphatic heterocycles. The standard InChI is InChI=1S/C21H25NO3/c1-15-6-4-5-7-16(15)12-20(23)22-14-21(2,3)17-8-9-18-19(13-17)25-11-10-24-18/h4-9,13H,10-12,14H2,1-3H3,(H,22,23). The molecule has 1 N–H and O–H groups in total. The summed E-state index contributed by atoms with van der Waals surface area (Å²) in [5.74, 6) is 1.61. The van der Waals surface area contributed by atoms with Gasteiger partial charge in [0.2, 0.25) is 5.91 Å². The Bertz CT molecular complexity index is 767. The maximum atomic E-state index is 12.3. The van der Waals surface area contributed by atoms with Crippen LogP contribution in [0.4, 0.5) is 0 Å². The number of benzene rings is 2. The maximum Gasteiger partial charge on any atom is 0.224 e. The lowest BCUT2D eigenvalue weighted by atomic mass is 9.84. The number of nitrogens with one attached hydrogen (secondary N) is 1. The van der Waals surface area contributed by atoms with E-state index < -0.39 is 0 Å². The van der Waals surface area contributed by atoms with Gasteiger partial charge in [-0.1, -0.05) is 44.2 Å². The number of aryl methyl sites for hydroxylation is 1. The van der Waals surface area contributed by atoms with Crippen molar-refractivity contribution >= 4 is 5.91 Å². The number of rotatable bonds is 5. The van der Waals surface area contributed by atoms with Gasteiger partial charge in [-0.2, -0.15) is 0 Å². The first-order chi connectivity index (χ1) is 12.0. The predicted molar refractivity (Wildman–Crippen MR) is 98.4 cm³/mol. The van der Waals surface area contributed by atoms with Crippen LogP contribution in [0, 0.1) is 6.92 Å². The Morgan fingerprint density at radius 1 is 1.08 bits per heavy atom. The Kier molecular flexibility index (Phi) is 4.98. The van der Waals surface area contributed by atoms with Crippen molar-refractivity contribution < 1.29 is 14.3 Å². The van der Waals surface area contributed by atoms with Crippen LogP contribution in [0.1, 0.15) is 30.5 Å².